The van der Waals surface area contributed by atoms with E-state index in [1.54, 1.807) is 14.2 Å². The van der Waals surface area contributed by atoms with E-state index >= 15 is 0 Å². The van der Waals surface area contributed by atoms with E-state index in [4.69, 9.17) is 9.47 Å². The average Bonchev–Trinajstić information content (AvgIpc) is 2.53. The Labute approximate surface area is 140 Å². The molecular formula is C19H21BrO2. The lowest BCUT2D eigenvalue weighted by Gasteiger charge is -2.19. The van der Waals surface area contributed by atoms with Gasteiger partial charge in [-0.05, 0) is 39.0 Å². The summed E-state index contributed by atoms with van der Waals surface area (Å²) in [7, 11) is 3.38. The molecule has 2 aromatic carbocycles. The molecule has 0 aromatic heterocycles. The van der Waals surface area contributed by atoms with Crippen LogP contribution in [0.2, 0.25) is 0 Å². The fourth-order valence-corrected chi connectivity index (χ4v) is 3.05. The van der Waals surface area contributed by atoms with Crippen LogP contribution < -0.4 is 9.47 Å². The number of benzene rings is 2. The molecule has 0 N–H and O–H groups in total. The van der Waals surface area contributed by atoms with Crippen molar-refractivity contribution in [1.82, 2.24) is 0 Å². The SMILES string of the molecule is COc1cc(/C=C/c2ccccc2)c(Br)c(OC)c1C(C)C. The maximum atomic E-state index is 5.61. The maximum Gasteiger partial charge on any atom is 0.140 e. The van der Waals surface area contributed by atoms with Crippen LogP contribution in [0, 0.1) is 0 Å². The molecule has 0 spiro atoms. The second-order valence-corrected chi connectivity index (χ2v) is 6.12. The van der Waals surface area contributed by atoms with Gasteiger partial charge in [-0.15, -0.1) is 0 Å². The Balaban J connectivity index is 2.51. The first-order valence-electron chi connectivity index (χ1n) is 7.26. The van der Waals surface area contributed by atoms with Crippen LogP contribution in [0.3, 0.4) is 0 Å². The topological polar surface area (TPSA) is 18.5 Å². The summed E-state index contributed by atoms with van der Waals surface area (Å²) >= 11 is 3.67. The highest BCUT2D eigenvalue weighted by molar-refractivity contribution is 9.10. The molecule has 0 unspecified atom stereocenters. The van der Waals surface area contributed by atoms with Crippen LogP contribution in [0.1, 0.15) is 36.5 Å². The van der Waals surface area contributed by atoms with Crippen molar-refractivity contribution in [2.45, 2.75) is 19.8 Å². The van der Waals surface area contributed by atoms with Crippen LogP contribution in [-0.2, 0) is 0 Å². The van der Waals surface area contributed by atoms with E-state index in [1.807, 2.05) is 24.3 Å². The van der Waals surface area contributed by atoms with Crippen LogP contribution >= 0.6 is 15.9 Å². The molecule has 0 heterocycles. The highest BCUT2D eigenvalue weighted by Gasteiger charge is 2.19. The Morgan fingerprint density at radius 1 is 1.00 bits per heavy atom. The second-order valence-electron chi connectivity index (χ2n) is 5.33. The minimum Gasteiger partial charge on any atom is -0.496 e. The molecule has 22 heavy (non-hydrogen) atoms. The summed E-state index contributed by atoms with van der Waals surface area (Å²) in [5, 5.41) is 0. The molecule has 0 saturated carbocycles. The number of hydrogen-bond donors (Lipinski definition) is 0. The quantitative estimate of drug-likeness (QED) is 0.631. The van der Waals surface area contributed by atoms with Crippen molar-refractivity contribution in [2.24, 2.45) is 0 Å². The predicted octanol–water partition coefficient (Wildman–Crippen LogP) is 5.76. The third kappa shape index (κ3) is 3.53. The summed E-state index contributed by atoms with van der Waals surface area (Å²) in [6, 6.07) is 12.2. The highest BCUT2D eigenvalue weighted by atomic mass is 79.9. The first kappa shape index (κ1) is 16.6. The van der Waals surface area contributed by atoms with Crippen molar-refractivity contribution < 1.29 is 9.47 Å². The zero-order valence-electron chi connectivity index (χ0n) is 13.4. The van der Waals surface area contributed by atoms with Crippen LogP contribution in [-0.4, -0.2) is 14.2 Å². The lowest BCUT2D eigenvalue weighted by molar-refractivity contribution is 0.380. The second kappa shape index (κ2) is 7.50. The molecule has 0 aliphatic carbocycles. The van der Waals surface area contributed by atoms with Crippen molar-refractivity contribution in [3.8, 4) is 11.5 Å². The summed E-state index contributed by atoms with van der Waals surface area (Å²) in [6.07, 6.45) is 4.14. The third-order valence-corrected chi connectivity index (χ3v) is 4.32. The number of halogens is 1. The van der Waals surface area contributed by atoms with Crippen molar-refractivity contribution in [1.29, 1.82) is 0 Å². The molecule has 2 nitrogen and oxygen atoms in total. The average molecular weight is 361 g/mol. The van der Waals surface area contributed by atoms with Gasteiger partial charge in [0.1, 0.15) is 11.5 Å². The van der Waals surface area contributed by atoms with Gasteiger partial charge in [0.05, 0.1) is 18.7 Å². The molecule has 0 saturated heterocycles. The number of rotatable bonds is 5. The van der Waals surface area contributed by atoms with E-state index in [-0.39, 0.29) is 0 Å². The summed E-state index contributed by atoms with van der Waals surface area (Å²) in [6.45, 7) is 4.26. The van der Waals surface area contributed by atoms with Crippen LogP contribution in [0.25, 0.3) is 12.2 Å². The molecule has 2 aromatic rings. The fourth-order valence-electron chi connectivity index (χ4n) is 2.43. The standard InChI is InChI=1S/C19H21BrO2/c1-13(2)17-16(21-3)12-15(18(20)19(17)22-4)11-10-14-8-6-5-7-9-14/h5-13H,1-4H3/b11-10+. The number of ether oxygens (including phenoxy) is 2. The van der Waals surface area contributed by atoms with E-state index in [0.717, 1.165) is 32.7 Å². The molecule has 3 heteroatoms. The van der Waals surface area contributed by atoms with Crippen LogP contribution in [0.5, 0.6) is 11.5 Å². The lowest BCUT2D eigenvalue weighted by atomic mass is 9.98. The van der Waals surface area contributed by atoms with Crippen molar-refractivity contribution in [2.75, 3.05) is 14.2 Å². The van der Waals surface area contributed by atoms with E-state index < -0.39 is 0 Å². The van der Waals surface area contributed by atoms with Gasteiger partial charge >= 0.3 is 0 Å². The van der Waals surface area contributed by atoms with Gasteiger partial charge in [-0.25, -0.2) is 0 Å². The molecule has 0 aliphatic rings. The summed E-state index contributed by atoms with van der Waals surface area (Å²) in [4.78, 5) is 0. The Morgan fingerprint density at radius 3 is 2.23 bits per heavy atom. The molecule has 0 aliphatic heterocycles. The van der Waals surface area contributed by atoms with Gasteiger partial charge in [0.25, 0.3) is 0 Å². The maximum absolute atomic E-state index is 5.61. The first-order chi connectivity index (χ1) is 10.6. The Hall–Kier alpha value is -1.74. The van der Waals surface area contributed by atoms with E-state index in [1.165, 1.54) is 0 Å². The van der Waals surface area contributed by atoms with Crippen LogP contribution in [0.4, 0.5) is 0 Å². The monoisotopic (exact) mass is 360 g/mol. The van der Waals surface area contributed by atoms with Gasteiger partial charge in [-0.1, -0.05) is 56.3 Å². The Bertz CT molecular complexity index is 661. The zero-order valence-corrected chi connectivity index (χ0v) is 15.0. The lowest BCUT2D eigenvalue weighted by Crippen LogP contribution is -2.01. The number of methoxy groups -OCH3 is 2. The minimum atomic E-state index is 0.313. The fraction of sp³-hybridized carbons (Fsp3) is 0.263. The Morgan fingerprint density at radius 2 is 1.68 bits per heavy atom. The van der Waals surface area contributed by atoms with Crippen molar-refractivity contribution >= 4 is 28.1 Å². The molecule has 0 atom stereocenters. The summed E-state index contributed by atoms with van der Waals surface area (Å²) in [5.41, 5.74) is 3.26. The van der Waals surface area contributed by atoms with Gasteiger partial charge in [0.15, 0.2) is 0 Å². The molecule has 0 radical (unpaired) electrons. The highest BCUT2D eigenvalue weighted by Crippen LogP contribution is 2.43. The van der Waals surface area contributed by atoms with Crippen LogP contribution in [0.15, 0.2) is 40.9 Å². The molecule has 0 bridgehead atoms. The minimum absolute atomic E-state index is 0.313. The first-order valence-corrected chi connectivity index (χ1v) is 8.05. The van der Waals surface area contributed by atoms with Gasteiger partial charge in [-0.2, -0.15) is 0 Å². The van der Waals surface area contributed by atoms with Gasteiger partial charge in [0, 0.05) is 5.56 Å². The normalized spacial score (nSPS) is 11.2. The van der Waals surface area contributed by atoms with E-state index in [0.29, 0.717) is 5.92 Å². The number of hydrogen-bond acceptors (Lipinski definition) is 2. The smallest absolute Gasteiger partial charge is 0.140 e. The van der Waals surface area contributed by atoms with Crippen molar-refractivity contribution in [3.05, 3.63) is 57.6 Å². The Kier molecular flexibility index (Phi) is 5.67. The zero-order chi connectivity index (χ0) is 16.1. The summed E-state index contributed by atoms with van der Waals surface area (Å²) in [5.74, 6) is 2.00. The molecular weight excluding hydrogens is 340 g/mol. The third-order valence-electron chi connectivity index (χ3n) is 3.51. The van der Waals surface area contributed by atoms with E-state index in [2.05, 4.69) is 54.1 Å². The molecule has 116 valence electrons. The van der Waals surface area contributed by atoms with Gasteiger partial charge < -0.3 is 9.47 Å². The predicted molar refractivity (Wildman–Crippen MR) is 96.7 cm³/mol. The molecule has 0 fully saturated rings. The molecule has 2 rings (SSSR count). The summed E-state index contributed by atoms with van der Waals surface area (Å²) < 4.78 is 12.1. The van der Waals surface area contributed by atoms with E-state index in [9.17, 15) is 0 Å². The largest absolute Gasteiger partial charge is 0.496 e. The molecule has 0 amide bonds. The van der Waals surface area contributed by atoms with Gasteiger partial charge in [-0.3, -0.25) is 0 Å². The van der Waals surface area contributed by atoms with Crippen molar-refractivity contribution in [3.63, 3.8) is 0 Å². The van der Waals surface area contributed by atoms with Gasteiger partial charge in [0.2, 0.25) is 0 Å².